The molecule has 12 heavy (non-hydrogen) atoms. The zero-order valence-corrected chi connectivity index (χ0v) is 7.92. The van der Waals surface area contributed by atoms with Gasteiger partial charge in [-0.05, 0) is 33.7 Å². The lowest BCUT2D eigenvalue weighted by atomic mass is 10.1. The fraction of sp³-hybridized carbons (Fsp3) is 0.889. The molecular formula is C9H16N2O. The average molecular weight is 168 g/mol. The molecule has 68 valence electrons. The first-order chi connectivity index (χ1) is 5.53. The van der Waals surface area contributed by atoms with Crippen molar-refractivity contribution >= 4 is 0 Å². The van der Waals surface area contributed by atoms with Crippen molar-refractivity contribution in [3.05, 3.63) is 0 Å². The molecule has 0 aromatic rings. The third-order valence-electron chi connectivity index (χ3n) is 1.81. The Hall–Kier alpha value is -0.590. The zero-order valence-electron chi connectivity index (χ0n) is 7.92. The van der Waals surface area contributed by atoms with Gasteiger partial charge in [0.1, 0.15) is 6.04 Å². The molecule has 0 bridgehead atoms. The molecular weight excluding hydrogens is 152 g/mol. The van der Waals surface area contributed by atoms with Crippen molar-refractivity contribution in [2.75, 3.05) is 6.54 Å². The van der Waals surface area contributed by atoms with Crippen molar-refractivity contribution in [1.29, 1.82) is 5.26 Å². The normalized spacial score (nSPS) is 30.2. The number of hydrogen-bond acceptors (Lipinski definition) is 3. The summed E-state index contributed by atoms with van der Waals surface area (Å²) < 4.78 is 5.72. The largest absolute Gasteiger partial charge is 0.370 e. The van der Waals surface area contributed by atoms with Crippen molar-refractivity contribution in [3.63, 3.8) is 0 Å². The van der Waals surface area contributed by atoms with Gasteiger partial charge in [-0.3, -0.25) is 5.32 Å². The smallest absolute Gasteiger partial charge is 0.122 e. The van der Waals surface area contributed by atoms with Gasteiger partial charge in [0.2, 0.25) is 0 Å². The Kier molecular flexibility index (Phi) is 2.71. The van der Waals surface area contributed by atoms with Crippen LogP contribution in [0.1, 0.15) is 27.2 Å². The van der Waals surface area contributed by atoms with E-state index in [4.69, 9.17) is 10.00 Å². The molecule has 3 nitrogen and oxygen atoms in total. The highest BCUT2D eigenvalue weighted by Gasteiger charge is 2.30. The molecule has 0 amide bonds. The Morgan fingerprint density at radius 1 is 1.50 bits per heavy atom. The van der Waals surface area contributed by atoms with E-state index < -0.39 is 0 Å². The Labute approximate surface area is 73.7 Å². The number of ether oxygens (including phenoxy) is 1. The quantitative estimate of drug-likeness (QED) is 0.636. The van der Waals surface area contributed by atoms with Crippen LogP contribution >= 0.6 is 0 Å². The van der Waals surface area contributed by atoms with Crippen LogP contribution in [0.4, 0.5) is 0 Å². The second kappa shape index (κ2) is 3.42. The fourth-order valence-corrected chi connectivity index (χ4v) is 1.39. The lowest BCUT2D eigenvalue weighted by Gasteiger charge is -2.25. The Morgan fingerprint density at radius 2 is 2.17 bits per heavy atom. The van der Waals surface area contributed by atoms with Gasteiger partial charge in [0, 0.05) is 0 Å². The molecule has 1 N–H and O–H groups in total. The molecule has 1 saturated heterocycles. The Balaban J connectivity index is 2.48. The van der Waals surface area contributed by atoms with Gasteiger partial charge < -0.3 is 4.74 Å². The first-order valence-electron chi connectivity index (χ1n) is 4.34. The lowest BCUT2D eigenvalue weighted by molar-refractivity contribution is -0.0574. The maximum atomic E-state index is 8.74. The monoisotopic (exact) mass is 168 g/mol. The summed E-state index contributed by atoms with van der Waals surface area (Å²) in [5, 5.41) is 11.8. The summed E-state index contributed by atoms with van der Waals surface area (Å²) >= 11 is 0. The molecule has 1 fully saturated rings. The van der Waals surface area contributed by atoms with E-state index in [2.05, 4.69) is 11.4 Å². The van der Waals surface area contributed by atoms with Gasteiger partial charge in [0.15, 0.2) is 0 Å². The summed E-state index contributed by atoms with van der Waals surface area (Å²) in [5.41, 5.74) is -0.147. The van der Waals surface area contributed by atoms with E-state index in [1.807, 2.05) is 20.8 Å². The van der Waals surface area contributed by atoms with Crippen molar-refractivity contribution in [2.45, 2.75) is 44.9 Å². The van der Waals surface area contributed by atoms with E-state index in [1.54, 1.807) is 0 Å². The highest BCUT2D eigenvalue weighted by molar-refractivity contribution is 5.00. The number of nitrogens with zero attached hydrogens (tertiary/aromatic N) is 1. The molecule has 1 heterocycles. The summed E-state index contributed by atoms with van der Waals surface area (Å²) in [6.45, 7) is 6.93. The molecule has 0 saturated carbocycles. The molecule has 1 rings (SSSR count). The van der Waals surface area contributed by atoms with Gasteiger partial charge in [-0.25, -0.2) is 0 Å². The zero-order chi connectivity index (χ0) is 9.19. The van der Waals surface area contributed by atoms with E-state index in [0.717, 1.165) is 13.0 Å². The van der Waals surface area contributed by atoms with Crippen molar-refractivity contribution in [3.8, 4) is 6.07 Å². The van der Waals surface area contributed by atoms with E-state index in [-0.39, 0.29) is 17.7 Å². The van der Waals surface area contributed by atoms with Gasteiger partial charge in [-0.15, -0.1) is 0 Å². The first-order valence-corrected chi connectivity index (χ1v) is 4.34. The first kappa shape index (κ1) is 9.50. The van der Waals surface area contributed by atoms with Crippen LogP contribution in [0.15, 0.2) is 0 Å². The summed E-state index contributed by atoms with van der Waals surface area (Å²) in [6.07, 6.45) is 1.00. The van der Waals surface area contributed by atoms with Crippen molar-refractivity contribution in [2.24, 2.45) is 0 Å². The maximum absolute atomic E-state index is 8.74. The second-order valence-corrected chi connectivity index (χ2v) is 4.12. The number of nitriles is 1. The van der Waals surface area contributed by atoms with Crippen LogP contribution in [-0.4, -0.2) is 24.3 Å². The van der Waals surface area contributed by atoms with Crippen molar-refractivity contribution in [1.82, 2.24) is 5.32 Å². The van der Waals surface area contributed by atoms with Crippen LogP contribution in [0.3, 0.4) is 0 Å². The van der Waals surface area contributed by atoms with Crippen LogP contribution in [0.2, 0.25) is 0 Å². The van der Waals surface area contributed by atoms with Gasteiger partial charge >= 0.3 is 0 Å². The van der Waals surface area contributed by atoms with Crippen LogP contribution in [0.5, 0.6) is 0 Å². The fourth-order valence-electron chi connectivity index (χ4n) is 1.39. The van der Waals surface area contributed by atoms with E-state index in [9.17, 15) is 0 Å². The molecule has 0 unspecified atom stereocenters. The molecule has 0 aromatic carbocycles. The van der Waals surface area contributed by atoms with Gasteiger partial charge in [-0.1, -0.05) is 0 Å². The third-order valence-corrected chi connectivity index (χ3v) is 1.81. The second-order valence-electron chi connectivity index (χ2n) is 4.12. The van der Waals surface area contributed by atoms with Crippen molar-refractivity contribution < 1.29 is 4.74 Å². The highest BCUT2D eigenvalue weighted by Crippen LogP contribution is 2.18. The SMILES string of the molecule is CC(C)(C)O[C@H]1CCN[C@@H]1C#N. The molecule has 1 aliphatic heterocycles. The topological polar surface area (TPSA) is 45.0 Å². The molecule has 0 spiro atoms. The van der Waals surface area contributed by atoms with E-state index >= 15 is 0 Å². The summed E-state index contributed by atoms with van der Waals surface area (Å²) in [6, 6.07) is 2.08. The van der Waals surface area contributed by atoms with Gasteiger partial charge in [0.25, 0.3) is 0 Å². The molecule has 3 heteroatoms. The number of rotatable bonds is 1. The van der Waals surface area contributed by atoms with Crippen LogP contribution in [-0.2, 0) is 4.74 Å². The summed E-state index contributed by atoms with van der Waals surface area (Å²) in [5.74, 6) is 0. The minimum Gasteiger partial charge on any atom is -0.370 e. The predicted molar refractivity (Wildman–Crippen MR) is 46.6 cm³/mol. The Morgan fingerprint density at radius 3 is 2.67 bits per heavy atom. The summed E-state index contributed by atoms with van der Waals surface area (Å²) in [7, 11) is 0. The highest BCUT2D eigenvalue weighted by atomic mass is 16.5. The van der Waals surface area contributed by atoms with Gasteiger partial charge in [-0.2, -0.15) is 5.26 Å². The molecule has 0 aromatic heterocycles. The third kappa shape index (κ3) is 2.47. The van der Waals surface area contributed by atoms with Crippen LogP contribution < -0.4 is 5.32 Å². The maximum Gasteiger partial charge on any atom is 0.122 e. The Bertz CT molecular complexity index is 190. The van der Waals surface area contributed by atoms with E-state index in [1.165, 1.54) is 0 Å². The molecule has 0 radical (unpaired) electrons. The standard InChI is InChI=1S/C9H16N2O/c1-9(2,3)12-8-4-5-11-7(8)6-10/h7-8,11H,4-5H2,1-3H3/t7-,8+/m1/s1. The minimum absolute atomic E-state index is 0.0648. The van der Waals surface area contributed by atoms with Gasteiger partial charge in [0.05, 0.1) is 17.8 Å². The lowest BCUT2D eigenvalue weighted by Crippen LogP contribution is -2.36. The molecule has 2 atom stereocenters. The minimum atomic E-state index is -0.147. The average Bonchev–Trinajstić information content (AvgIpc) is 2.31. The predicted octanol–water partition coefficient (Wildman–Crippen LogP) is 1.06. The number of hydrogen-bond donors (Lipinski definition) is 1. The molecule has 0 aliphatic carbocycles. The molecule has 1 aliphatic rings. The van der Waals surface area contributed by atoms with Crippen LogP contribution in [0.25, 0.3) is 0 Å². The van der Waals surface area contributed by atoms with Crippen LogP contribution in [0, 0.1) is 11.3 Å². The van der Waals surface area contributed by atoms with E-state index in [0.29, 0.717) is 0 Å². The summed E-state index contributed by atoms with van der Waals surface area (Å²) in [4.78, 5) is 0. The number of nitrogens with one attached hydrogen (secondary N) is 1.